The zero-order valence-electron chi connectivity index (χ0n) is 10.5. The van der Waals surface area contributed by atoms with Gasteiger partial charge in [0, 0.05) is 22.3 Å². The summed E-state index contributed by atoms with van der Waals surface area (Å²) < 4.78 is 2.32. The predicted molar refractivity (Wildman–Crippen MR) is 79.6 cm³/mol. The van der Waals surface area contributed by atoms with Crippen molar-refractivity contribution in [2.75, 3.05) is 5.73 Å². The molecule has 19 heavy (non-hydrogen) atoms. The second-order valence-electron chi connectivity index (χ2n) is 4.44. The van der Waals surface area contributed by atoms with Crippen LogP contribution in [0.25, 0.3) is 0 Å². The van der Waals surface area contributed by atoms with E-state index in [9.17, 15) is 4.79 Å². The van der Waals surface area contributed by atoms with Crippen molar-refractivity contribution in [3.05, 3.63) is 45.1 Å². The van der Waals surface area contributed by atoms with E-state index in [4.69, 9.17) is 17.3 Å². The lowest BCUT2D eigenvalue weighted by molar-refractivity contribution is 0.102. The fourth-order valence-corrected chi connectivity index (χ4v) is 2.45. The monoisotopic (exact) mass is 341 g/mol. The Labute approximate surface area is 124 Å². The Morgan fingerprint density at radius 2 is 2.16 bits per heavy atom. The van der Waals surface area contributed by atoms with Gasteiger partial charge in [-0.2, -0.15) is 5.10 Å². The first-order valence-corrected chi connectivity index (χ1v) is 6.91. The van der Waals surface area contributed by atoms with E-state index in [1.165, 1.54) is 0 Å². The summed E-state index contributed by atoms with van der Waals surface area (Å²) in [6.45, 7) is 3.92. The number of anilines is 1. The van der Waals surface area contributed by atoms with Crippen LogP contribution in [0.1, 0.15) is 35.9 Å². The van der Waals surface area contributed by atoms with Crippen molar-refractivity contribution >= 4 is 39.0 Å². The standard InChI is InChI=1S/C13H13BrClN3O/c1-7(2)18-12(10(14)6-17-18)13(19)9-4-3-8(15)5-11(9)16/h3-7H,16H2,1-2H3. The predicted octanol–water partition coefficient (Wildman–Crippen LogP) is 3.69. The number of nitrogens with zero attached hydrogens (tertiary/aromatic N) is 2. The van der Waals surface area contributed by atoms with Crippen molar-refractivity contribution in [1.82, 2.24) is 9.78 Å². The van der Waals surface area contributed by atoms with Crippen molar-refractivity contribution in [2.24, 2.45) is 0 Å². The summed E-state index contributed by atoms with van der Waals surface area (Å²) in [6, 6.07) is 4.93. The van der Waals surface area contributed by atoms with Crippen LogP contribution in [0.15, 0.2) is 28.9 Å². The minimum atomic E-state index is -0.174. The fraction of sp³-hybridized carbons (Fsp3) is 0.231. The van der Waals surface area contributed by atoms with Gasteiger partial charge in [-0.1, -0.05) is 11.6 Å². The lowest BCUT2D eigenvalue weighted by Crippen LogP contribution is -2.15. The van der Waals surface area contributed by atoms with Crippen LogP contribution in [0.2, 0.25) is 5.02 Å². The summed E-state index contributed by atoms with van der Waals surface area (Å²) in [5.74, 6) is -0.174. The lowest BCUT2D eigenvalue weighted by atomic mass is 10.1. The highest BCUT2D eigenvalue weighted by atomic mass is 79.9. The third kappa shape index (κ3) is 2.67. The highest BCUT2D eigenvalue weighted by Crippen LogP contribution is 2.26. The summed E-state index contributed by atoms with van der Waals surface area (Å²) in [4.78, 5) is 12.6. The number of halogens is 2. The van der Waals surface area contributed by atoms with E-state index >= 15 is 0 Å². The van der Waals surface area contributed by atoms with Gasteiger partial charge < -0.3 is 5.73 Å². The normalized spacial score (nSPS) is 11.0. The second-order valence-corrected chi connectivity index (χ2v) is 5.73. The number of rotatable bonds is 3. The van der Waals surface area contributed by atoms with Gasteiger partial charge in [0.1, 0.15) is 5.69 Å². The average Bonchev–Trinajstić information content (AvgIpc) is 2.70. The fourth-order valence-electron chi connectivity index (χ4n) is 1.81. The maximum absolute atomic E-state index is 12.6. The molecule has 0 fully saturated rings. The smallest absolute Gasteiger partial charge is 0.214 e. The molecule has 100 valence electrons. The highest BCUT2D eigenvalue weighted by molar-refractivity contribution is 9.10. The van der Waals surface area contributed by atoms with E-state index < -0.39 is 0 Å². The molecule has 0 bridgehead atoms. The van der Waals surface area contributed by atoms with Gasteiger partial charge in [-0.3, -0.25) is 9.48 Å². The van der Waals surface area contributed by atoms with Gasteiger partial charge in [0.25, 0.3) is 0 Å². The van der Waals surface area contributed by atoms with Gasteiger partial charge in [0.2, 0.25) is 5.78 Å². The Kier molecular flexibility index (Phi) is 3.96. The van der Waals surface area contributed by atoms with Crippen LogP contribution < -0.4 is 5.73 Å². The Hall–Kier alpha value is -1.33. The molecular weight excluding hydrogens is 330 g/mol. The minimum absolute atomic E-state index is 0.0822. The van der Waals surface area contributed by atoms with E-state index in [2.05, 4.69) is 21.0 Å². The van der Waals surface area contributed by atoms with Gasteiger partial charge in [0.05, 0.1) is 10.7 Å². The molecule has 2 aromatic rings. The summed E-state index contributed by atoms with van der Waals surface area (Å²) in [7, 11) is 0. The third-order valence-electron chi connectivity index (χ3n) is 2.71. The average molecular weight is 343 g/mol. The zero-order chi connectivity index (χ0) is 14.2. The molecule has 2 N–H and O–H groups in total. The van der Waals surface area contributed by atoms with E-state index in [1.807, 2.05) is 13.8 Å². The molecular formula is C13H13BrClN3O. The molecule has 1 heterocycles. The molecule has 0 saturated heterocycles. The molecule has 6 heteroatoms. The molecule has 1 aromatic carbocycles. The molecule has 0 aliphatic rings. The molecule has 0 saturated carbocycles. The molecule has 0 radical (unpaired) electrons. The summed E-state index contributed by atoms with van der Waals surface area (Å²) >= 11 is 9.19. The molecule has 1 aromatic heterocycles. The first kappa shape index (κ1) is 14.1. The number of benzene rings is 1. The van der Waals surface area contributed by atoms with Crippen molar-refractivity contribution in [1.29, 1.82) is 0 Å². The first-order chi connectivity index (χ1) is 8.91. The second kappa shape index (κ2) is 5.35. The maximum atomic E-state index is 12.6. The summed E-state index contributed by atoms with van der Waals surface area (Å²) in [6.07, 6.45) is 1.61. The summed E-state index contributed by atoms with van der Waals surface area (Å²) in [5, 5.41) is 4.70. The van der Waals surface area contributed by atoms with Crippen LogP contribution in [0, 0.1) is 0 Å². The number of carbonyl (C=O) groups is 1. The number of hydrogen-bond donors (Lipinski definition) is 1. The topological polar surface area (TPSA) is 60.9 Å². The van der Waals surface area contributed by atoms with E-state index in [0.29, 0.717) is 26.4 Å². The number of nitrogen functional groups attached to an aromatic ring is 1. The van der Waals surface area contributed by atoms with Crippen LogP contribution in [0.3, 0.4) is 0 Å². The van der Waals surface area contributed by atoms with Crippen molar-refractivity contribution in [3.63, 3.8) is 0 Å². The van der Waals surface area contributed by atoms with Gasteiger partial charge in [0.15, 0.2) is 0 Å². The quantitative estimate of drug-likeness (QED) is 0.683. The molecule has 0 amide bonds. The summed E-state index contributed by atoms with van der Waals surface area (Å²) in [5.41, 5.74) is 7.13. The van der Waals surface area contributed by atoms with E-state index in [-0.39, 0.29) is 11.8 Å². The van der Waals surface area contributed by atoms with Gasteiger partial charge in [-0.05, 0) is 48.0 Å². The third-order valence-corrected chi connectivity index (χ3v) is 3.53. The Balaban J connectivity index is 2.53. The maximum Gasteiger partial charge on any atom is 0.214 e. The van der Waals surface area contributed by atoms with Gasteiger partial charge >= 0.3 is 0 Å². The molecule has 2 rings (SSSR count). The molecule has 0 aliphatic carbocycles. The largest absolute Gasteiger partial charge is 0.398 e. The molecule has 4 nitrogen and oxygen atoms in total. The van der Waals surface area contributed by atoms with Crippen molar-refractivity contribution in [3.8, 4) is 0 Å². The lowest BCUT2D eigenvalue weighted by Gasteiger charge is -2.11. The van der Waals surface area contributed by atoms with Gasteiger partial charge in [-0.15, -0.1) is 0 Å². The highest BCUT2D eigenvalue weighted by Gasteiger charge is 2.22. The van der Waals surface area contributed by atoms with Crippen LogP contribution in [-0.4, -0.2) is 15.6 Å². The van der Waals surface area contributed by atoms with E-state index in [0.717, 1.165) is 0 Å². The minimum Gasteiger partial charge on any atom is -0.398 e. The number of hydrogen-bond acceptors (Lipinski definition) is 3. The first-order valence-electron chi connectivity index (χ1n) is 5.74. The number of ketones is 1. The van der Waals surface area contributed by atoms with Crippen molar-refractivity contribution in [2.45, 2.75) is 19.9 Å². The zero-order valence-corrected chi connectivity index (χ0v) is 12.9. The number of carbonyl (C=O) groups excluding carboxylic acids is 1. The van der Waals surface area contributed by atoms with Crippen LogP contribution in [0.5, 0.6) is 0 Å². The number of aromatic nitrogens is 2. The number of nitrogens with two attached hydrogens (primary N) is 1. The SMILES string of the molecule is CC(C)n1ncc(Br)c1C(=O)c1ccc(Cl)cc1N. The molecule has 0 spiro atoms. The van der Waals surface area contributed by atoms with Crippen LogP contribution in [-0.2, 0) is 0 Å². The Bertz CT molecular complexity index is 637. The van der Waals surface area contributed by atoms with E-state index in [1.54, 1.807) is 29.1 Å². The van der Waals surface area contributed by atoms with Gasteiger partial charge in [-0.25, -0.2) is 0 Å². The molecule has 0 unspecified atom stereocenters. The Morgan fingerprint density at radius 3 is 2.74 bits per heavy atom. The van der Waals surface area contributed by atoms with Crippen LogP contribution in [0.4, 0.5) is 5.69 Å². The molecule has 0 atom stereocenters. The van der Waals surface area contributed by atoms with Crippen LogP contribution >= 0.6 is 27.5 Å². The Morgan fingerprint density at radius 1 is 1.47 bits per heavy atom. The van der Waals surface area contributed by atoms with Crippen molar-refractivity contribution < 1.29 is 4.79 Å². The molecule has 0 aliphatic heterocycles.